The van der Waals surface area contributed by atoms with Gasteiger partial charge in [0.25, 0.3) is 0 Å². The average Bonchev–Trinajstić information content (AvgIpc) is 3.78. The minimum atomic E-state index is -0.545. The van der Waals surface area contributed by atoms with Crippen LogP contribution in [0.15, 0.2) is 231 Å². The molecular weight excluding hydrogens is 713 g/mol. The third kappa shape index (κ3) is 4.87. The minimum absolute atomic E-state index is 0.545. The predicted molar refractivity (Wildman–Crippen MR) is 247 cm³/mol. The van der Waals surface area contributed by atoms with Crippen LogP contribution < -0.4 is 9.80 Å². The van der Waals surface area contributed by atoms with E-state index >= 15 is 0 Å². The standard InChI is InChI=1S/C57H38N2/c1-4-20-40(21-5-1)58(41-22-6-2-7-23-41)54-34-18-33-52-56(54)49-30-15-17-32-51(49)57(52)50-31-16-14-28-46(50)47-36-35-43(38-53(47)57)59(42-24-8-3-9-25-42)55-37-39-19-10-11-26-44(39)45-27-12-13-29-48(45)55/h1-38H. The Morgan fingerprint density at radius 2 is 0.763 bits per heavy atom. The predicted octanol–water partition coefficient (Wildman–Crippen LogP) is 15.3. The number of para-hydroxylation sites is 3. The van der Waals surface area contributed by atoms with E-state index in [2.05, 4.69) is 240 Å². The third-order valence-corrected chi connectivity index (χ3v) is 12.6. The molecule has 0 saturated carbocycles. The van der Waals surface area contributed by atoms with Crippen molar-refractivity contribution in [2.75, 3.05) is 9.80 Å². The SMILES string of the molecule is c1ccc(N(c2ccccc2)c2cccc3c2-c2ccccc2C32c3ccccc3-c3ccc(N(c4ccccc4)c4cc5ccccc5c5ccccc45)cc32)cc1. The van der Waals surface area contributed by atoms with E-state index in [4.69, 9.17) is 0 Å². The van der Waals surface area contributed by atoms with Crippen LogP contribution in [0, 0.1) is 0 Å². The molecule has 0 aliphatic heterocycles. The summed E-state index contributed by atoms with van der Waals surface area (Å²) in [4.78, 5) is 4.89. The van der Waals surface area contributed by atoms with Gasteiger partial charge in [-0.15, -0.1) is 0 Å². The Hall–Kier alpha value is -7.68. The first kappa shape index (κ1) is 33.5. The second-order valence-corrected chi connectivity index (χ2v) is 15.6. The smallest absolute Gasteiger partial charge is 0.0727 e. The van der Waals surface area contributed by atoms with Crippen LogP contribution in [-0.2, 0) is 5.41 Å². The summed E-state index contributed by atoms with van der Waals surface area (Å²) in [5, 5.41) is 4.95. The Morgan fingerprint density at radius 3 is 1.44 bits per heavy atom. The van der Waals surface area contributed by atoms with E-state index in [1.165, 1.54) is 71.7 Å². The molecule has 1 atom stereocenters. The Balaban J connectivity index is 1.16. The van der Waals surface area contributed by atoms with Gasteiger partial charge in [0, 0.05) is 33.7 Å². The molecule has 0 aromatic heterocycles. The number of fused-ring (bicyclic) bond motifs is 13. The fourth-order valence-electron chi connectivity index (χ4n) is 10.3. The molecule has 0 saturated heterocycles. The van der Waals surface area contributed by atoms with Crippen molar-refractivity contribution in [3.05, 3.63) is 253 Å². The van der Waals surface area contributed by atoms with Gasteiger partial charge in [-0.2, -0.15) is 0 Å². The first-order valence-electron chi connectivity index (χ1n) is 20.4. The lowest BCUT2D eigenvalue weighted by Gasteiger charge is -2.33. The molecule has 0 amide bonds. The Labute approximate surface area is 344 Å². The monoisotopic (exact) mass is 750 g/mol. The van der Waals surface area contributed by atoms with Gasteiger partial charge in [0.15, 0.2) is 0 Å². The maximum absolute atomic E-state index is 2.50. The zero-order valence-electron chi connectivity index (χ0n) is 32.3. The number of rotatable bonds is 6. The average molecular weight is 751 g/mol. The highest BCUT2D eigenvalue weighted by atomic mass is 15.2. The van der Waals surface area contributed by atoms with E-state index in [9.17, 15) is 0 Å². The topological polar surface area (TPSA) is 6.48 Å². The number of hydrogen-bond donors (Lipinski definition) is 0. The van der Waals surface area contributed by atoms with Crippen molar-refractivity contribution in [1.82, 2.24) is 0 Å². The van der Waals surface area contributed by atoms with Crippen LogP contribution in [0.4, 0.5) is 34.1 Å². The summed E-state index contributed by atoms with van der Waals surface area (Å²) >= 11 is 0. The molecule has 10 aromatic carbocycles. The van der Waals surface area contributed by atoms with Crippen molar-refractivity contribution in [3.63, 3.8) is 0 Å². The zero-order valence-corrected chi connectivity index (χ0v) is 32.3. The van der Waals surface area contributed by atoms with Gasteiger partial charge in [-0.3, -0.25) is 0 Å². The van der Waals surface area contributed by atoms with Crippen molar-refractivity contribution in [2.45, 2.75) is 5.41 Å². The maximum Gasteiger partial charge on any atom is 0.0727 e. The van der Waals surface area contributed by atoms with Crippen LogP contribution in [0.1, 0.15) is 22.3 Å². The molecule has 0 radical (unpaired) electrons. The molecule has 12 rings (SSSR count). The Kier molecular flexibility index (Phi) is 7.48. The van der Waals surface area contributed by atoms with E-state index in [0.717, 1.165) is 28.4 Å². The summed E-state index contributed by atoms with van der Waals surface area (Å²) < 4.78 is 0. The normalized spacial score (nSPS) is 14.5. The Bertz CT molecular complexity index is 3190. The number of anilines is 6. The molecule has 2 nitrogen and oxygen atoms in total. The second kappa shape index (κ2) is 13.2. The summed E-state index contributed by atoms with van der Waals surface area (Å²) in [5.41, 5.74) is 16.6. The van der Waals surface area contributed by atoms with Gasteiger partial charge in [-0.25, -0.2) is 0 Å². The van der Waals surface area contributed by atoms with Gasteiger partial charge in [0.05, 0.1) is 16.8 Å². The molecule has 1 spiro atoms. The number of nitrogens with zero attached hydrogens (tertiary/aromatic N) is 2. The fraction of sp³-hybridized carbons (Fsp3) is 0.0175. The van der Waals surface area contributed by atoms with Crippen LogP contribution in [0.2, 0.25) is 0 Å². The highest BCUT2D eigenvalue weighted by Gasteiger charge is 2.52. The van der Waals surface area contributed by atoms with E-state index < -0.39 is 5.41 Å². The highest BCUT2D eigenvalue weighted by molar-refractivity contribution is 6.14. The van der Waals surface area contributed by atoms with E-state index in [-0.39, 0.29) is 0 Å². The molecule has 2 aliphatic rings. The summed E-state index contributed by atoms with van der Waals surface area (Å²) in [7, 11) is 0. The lowest BCUT2D eigenvalue weighted by Crippen LogP contribution is -2.26. The van der Waals surface area contributed by atoms with Gasteiger partial charge >= 0.3 is 0 Å². The summed E-state index contributed by atoms with van der Waals surface area (Å²) in [5.74, 6) is 0. The number of hydrogen-bond acceptors (Lipinski definition) is 2. The molecule has 0 bridgehead atoms. The van der Waals surface area contributed by atoms with Gasteiger partial charge < -0.3 is 9.80 Å². The first-order chi connectivity index (χ1) is 29.3. The van der Waals surface area contributed by atoms with E-state index in [0.29, 0.717) is 0 Å². The molecule has 276 valence electrons. The van der Waals surface area contributed by atoms with Gasteiger partial charge in [-0.1, -0.05) is 170 Å². The molecule has 59 heavy (non-hydrogen) atoms. The lowest BCUT2D eigenvalue weighted by atomic mass is 9.70. The number of benzene rings is 10. The molecule has 2 aliphatic carbocycles. The maximum atomic E-state index is 2.50. The van der Waals surface area contributed by atoms with Crippen molar-refractivity contribution in [3.8, 4) is 22.3 Å². The van der Waals surface area contributed by atoms with Crippen LogP contribution in [0.5, 0.6) is 0 Å². The summed E-state index contributed by atoms with van der Waals surface area (Å²) in [6, 6.07) is 84.8. The zero-order chi connectivity index (χ0) is 38.9. The van der Waals surface area contributed by atoms with Gasteiger partial charge in [0.2, 0.25) is 0 Å². The largest absolute Gasteiger partial charge is 0.310 e. The molecule has 10 aromatic rings. The molecule has 0 N–H and O–H groups in total. The van der Waals surface area contributed by atoms with E-state index in [1.807, 2.05) is 0 Å². The van der Waals surface area contributed by atoms with Crippen LogP contribution in [0.25, 0.3) is 43.8 Å². The van der Waals surface area contributed by atoms with Gasteiger partial charge in [-0.05, 0) is 116 Å². The summed E-state index contributed by atoms with van der Waals surface area (Å²) in [6.45, 7) is 0. The second-order valence-electron chi connectivity index (χ2n) is 15.6. The minimum Gasteiger partial charge on any atom is -0.310 e. The highest BCUT2D eigenvalue weighted by Crippen LogP contribution is 2.65. The quantitative estimate of drug-likeness (QED) is 0.156. The van der Waals surface area contributed by atoms with Gasteiger partial charge in [0.1, 0.15) is 0 Å². The molecule has 1 unspecified atom stereocenters. The molecular formula is C57H38N2. The lowest BCUT2D eigenvalue weighted by molar-refractivity contribution is 0.793. The fourth-order valence-corrected chi connectivity index (χ4v) is 10.3. The van der Waals surface area contributed by atoms with Crippen molar-refractivity contribution in [2.24, 2.45) is 0 Å². The van der Waals surface area contributed by atoms with Crippen LogP contribution in [-0.4, -0.2) is 0 Å². The Morgan fingerprint density at radius 1 is 0.271 bits per heavy atom. The van der Waals surface area contributed by atoms with Crippen molar-refractivity contribution >= 4 is 55.7 Å². The molecule has 0 fully saturated rings. The van der Waals surface area contributed by atoms with E-state index in [1.54, 1.807) is 0 Å². The van der Waals surface area contributed by atoms with Crippen LogP contribution >= 0.6 is 0 Å². The summed E-state index contributed by atoms with van der Waals surface area (Å²) in [6.07, 6.45) is 0. The van der Waals surface area contributed by atoms with Crippen molar-refractivity contribution < 1.29 is 0 Å². The van der Waals surface area contributed by atoms with Crippen LogP contribution in [0.3, 0.4) is 0 Å². The third-order valence-electron chi connectivity index (χ3n) is 12.6. The molecule has 2 heteroatoms. The van der Waals surface area contributed by atoms with Crippen molar-refractivity contribution in [1.29, 1.82) is 0 Å². The first-order valence-corrected chi connectivity index (χ1v) is 20.4. The molecule has 0 heterocycles.